The number of alkyl halides is 3. The number of rotatable bonds is 7. The molecule has 7 heteroatoms. The molecular formula is C31H27F3O3S. The predicted molar refractivity (Wildman–Crippen MR) is 143 cm³/mol. The second-order valence-electron chi connectivity index (χ2n) is 9.35. The van der Waals surface area contributed by atoms with Gasteiger partial charge in [0.2, 0.25) is 0 Å². The first-order chi connectivity index (χ1) is 18.1. The maximum Gasteiger partial charge on any atom is 0.416 e. The van der Waals surface area contributed by atoms with E-state index in [1.165, 1.54) is 23.9 Å². The van der Waals surface area contributed by atoms with Gasteiger partial charge in [-0.1, -0.05) is 56.2 Å². The third-order valence-electron chi connectivity index (χ3n) is 6.75. The van der Waals surface area contributed by atoms with Crippen LogP contribution in [0.2, 0.25) is 0 Å². The number of carbonyl (C=O) groups excluding carboxylic acids is 2. The first-order valence-corrected chi connectivity index (χ1v) is 13.3. The number of cyclic esters (lactones) is 1. The smallest absolute Gasteiger partial charge is 0.416 e. The summed E-state index contributed by atoms with van der Waals surface area (Å²) in [7, 11) is 0. The molecule has 196 valence electrons. The molecule has 3 atom stereocenters. The summed E-state index contributed by atoms with van der Waals surface area (Å²) in [5, 5.41) is 0. The quantitative estimate of drug-likeness (QED) is 0.137. The van der Waals surface area contributed by atoms with Crippen LogP contribution in [0.25, 0.3) is 11.1 Å². The highest BCUT2D eigenvalue weighted by atomic mass is 32.2. The minimum absolute atomic E-state index is 0.0543. The molecule has 4 rings (SSSR count). The van der Waals surface area contributed by atoms with Crippen molar-refractivity contribution in [1.82, 2.24) is 0 Å². The van der Waals surface area contributed by atoms with Crippen LogP contribution in [0.3, 0.4) is 0 Å². The van der Waals surface area contributed by atoms with Crippen LogP contribution < -0.4 is 0 Å². The van der Waals surface area contributed by atoms with Gasteiger partial charge in [0.1, 0.15) is 12.0 Å². The fraction of sp³-hybridized carbons (Fsp3) is 0.290. The van der Waals surface area contributed by atoms with Crippen LogP contribution in [0.5, 0.6) is 0 Å². The predicted octanol–water partition coefficient (Wildman–Crippen LogP) is 7.31. The van der Waals surface area contributed by atoms with Gasteiger partial charge in [-0.15, -0.1) is 18.2 Å². The van der Waals surface area contributed by atoms with Crippen LogP contribution in [0.15, 0.2) is 71.6 Å². The molecule has 0 bridgehead atoms. The van der Waals surface area contributed by atoms with Gasteiger partial charge in [-0.25, -0.2) is 0 Å². The van der Waals surface area contributed by atoms with Crippen molar-refractivity contribution in [2.24, 2.45) is 5.92 Å². The van der Waals surface area contributed by atoms with Crippen molar-refractivity contribution in [1.29, 1.82) is 0 Å². The number of ether oxygens (including phenoxy) is 1. The van der Waals surface area contributed by atoms with E-state index < -0.39 is 29.7 Å². The highest BCUT2D eigenvalue weighted by Gasteiger charge is 2.42. The SMILES string of the molecule is C#Cc1cc(-c2ccccc2)cc(CC)c1C1C(=O)CC(C(C)CSc2ccc(C(F)(F)F)cc2)OC1=O. The molecule has 1 saturated heterocycles. The van der Waals surface area contributed by atoms with Crippen molar-refractivity contribution in [3.63, 3.8) is 0 Å². The van der Waals surface area contributed by atoms with Crippen molar-refractivity contribution in [2.45, 2.75) is 49.8 Å². The zero-order chi connectivity index (χ0) is 27.4. The topological polar surface area (TPSA) is 43.4 Å². The molecule has 3 unspecified atom stereocenters. The van der Waals surface area contributed by atoms with E-state index in [-0.39, 0.29) is 18.1 Å². The highest BCUT2D eigenvalue weighted by molar-refractivity contribution is 7.99. The number of esters is 1. The average molecular weight is 537 g/mol. The van der Waals surface area contributed by atoms with Gasteiger partial charge in [-0.3, -0.25) is 9.59 Å². The van der Waals surface area contributed by atoms with Gasteiger partial charge in [0.15, 0.2) is 5.78 Å². The van der Waals surface area contributed by atoms with Crippen molar-refractivity contribution in [3.05, 3.63) is 89.0 Å². The number of thioether (sulfide) groups is 1. The van der Waals surface area contributed by atoms with E-state index in [9.17, 15) is 22.8 Å². The fourth-order valence-corrected chi connectivity index (χ4v) is 5.64. The van der Waals surface area contributed by atoms with Crippen LogP contribution in [-0.4, -0.2) is 23.6 Å². The third-order valence-corrected chi connectivity index (χ3v) is 8.05. The standard InChI is InChI=1S/C31H27F3O3S/c1-4-20-15-23(22-9-7-6-8-10-22)16-21(5-2)28(20)29-26(35)17-27(37-30(29)36)19(3)18-38-25-13-11-24(12-14-25)31(32,33)34/h1,6-16,19,27,29H,5,17-18H2,2-3H3. The molecule has 1 heterocycles. The molecule has 38 heavy (non-hydrogen) atoms. The van der Waals surface area contributed by atoms with Crippen molar-refractivity contribution in [2.75, 3.05) is 5.75 Å². The Kier molecular flexibility index (Phi) is 8.32. The average Bonchev–Trinajstić information content (AvgIpc) is 2.91. The zero-order valence-electron chi connectivity index (χ0n) is 21.0. The zero-order valence-corrected chi connectivity index (χ0v) is 21.9. The summed E-state index contributed by atoms with van der Waals surface area (Å²) in [4.78, 5) is 27.2. The minimum atomic E-state index is -4.39. The molecule has 1 fully saturated rings. The minimum Gasteiger partial charge on any atom is -0.461 e. The molecule has 3 nitrogen and oxygen atoms in total. The normalized spacial score (nSPS) is 18.5. The summed E-state index contributed by atoms with van der Waals surface area (Å²) < 4.78 is 44.2. The molecule has 0 amide bonds. The van der Waals surface area contributed by atoms with E-state index >= 15 is 0 Å². The van der Waals surface area contributed by atoms with Gasteiger partial charge < -0.3 is 4.74 Å². The van der Waals surface area contributed by atoms with Crippen LogP contribution in [0.1, 0.15) is 48.4 Å². The second kappa shape index (κ2) is 11.5. The number of halogens is 3. The first kappa shape index (κ1) is 27.5. The lowest BCUT2D eigenvalue weighted by atomic mass is 9.80. The Morgan fingerprint density at radius 1 is 1.05 bits per heavy atom. The Morgan fingerprint density at radius 2 is 1.74 bits per heavy atom. The van der Waals surface area contributed by atoms with E-state index in [2.05, 4.69) is 5.92 Å². The summed E-state index contributed by atoms with van der Waals surface area (Å²) in [5.74, 6) is 1.03. The van der Waals surface area contributed by atoms with Crippen LogP contribution >= 0.6 is 11.8 Å². The number of hydrogen-bond acceptors (Lipinski definition) is 4. The lowest BCUT2D eigenvalue weighted by Gasteiger charge is -2.32. The first-order valence-electron chi connectivity index (χ1n) is 12.3. The highest BCUT2D eigenvalue weighted by Crippen LogP contribution is 2.37. The number of aryl methyl sites for hydroxylation is 1. The second-order valence-corrected chi connectivity index (χ2v) is 10.4. The third kappa shape index (κ3) is 5.97. The van der Waals surface area contributed by atoms with E-state index in [1.54, 1.807) is 0 Å². The number of ketones is 1. The summed E-state index contributed by atoms with van der Waals surface area (Å²) in [6.45, 7) is 3.82. The lowest BCUT2D eigenvalue weighted by molar-refractivity contribution is -0.162. The molecule has 0 saturated carbocycles. The maximum absolute atomic E-state index is 13.3. The van der Waals surface area contributed by atoms with Gasteiger partial charge in [0.25, 0.3) is 0 Å². The maximum atomic E-state index is 13.3. The molecule has 1 aliphatic heterocycles. The molecule has 0 aliphatic carbocycles. The largest absolute Gasteiger partial charge is 0.461 e. The Bertz CT molecular complexity index is 1340. The van der Waals surface area contributed by atoms with Crippen molar-refractivity contribution < 1.29 is 27.5 Å². The number of carbonyl (C=O) groups is 2. The Balaban J connectivity index is 1.49. The van der Waals surface area contributed by atoms with Crippen LogP contribution in [-0.2, 0) is 26.9 Å². The van der Waals surface area contributed by atoms with Gasteiger partial charge in [-0.2, -0.15) is 13.2 Å². The Hall–Kier alpha value is -3.50. The van der Waals surface area contributed by atoms with Gasteiger partial charge in [-0.05, 0) is 59.0 Å². The number of terminal acetylenes is 1. The molecule has 3 aromatic rings. The molecule has 1 aliphatic rings. The van der Waals surface area contributed by atoms with Gasteiger partial charge >= 0.3 is 12.1 Å². The summed E-state index contributed by atoms with van der Waals surface area (Å²) >= 11 is 1.36. The van der Waals surface area contributed by atoms with E-state index in [4.69, 9.17) is 11.2 Å². The monoisotopic (exact) mass is 536 g/mol. The molecule has 0 aromatic heterocycles. The van der Waals surface area contributed by atoms with Gasteiger partial charge in [0.05, 0.1) is 5.56 Å². The summed E-state index contributed by atoms with van der Waals surface area (Å²) in [6.07, 6.45) is 1.49. The number of benzene rings is 3. The molecule has 0 radical (unpaired) electrons. The van der Waals surface area contributed by atoms with Crippen LogP contribution in [0.4, 0.5) is 13.2 Å². The fourth-order valence-electron chi connectivity index (χ4n) is 4.64. The van der Waals surface area contributed by atoms with E-state index in [0.717, 1.165) is 28.8 Å². The number of hydrogen-bond donors (Lipinski definition) is 0. The Morgan fingerprint density at radius 3 is 2.32 bits per heavy atom. The molecule has 0 N–H and O–H groups in total. The summed E-state index contributed by atoms with van der Waals surface area (Å²) in [5.41, 5.74) is 3.07. The molecule has 3 aromatic carbocycles. The van der Waals surface area contributed by atoms with Gasteiger partial charge in [0, 0.05) is 28.6 Å². The number of Topliss-reactive ketones (excluding diaryl/α,β-unsaturated/α-hetero) is 1. The Labute approximate surface area is 224 Å². The van der Waals surface area contributed by atoms with E-state index in [1.807, 2.05) is 56.3 Å². The summed E-state index contributed by atoms with van der Waals surface area (Å²) in [6, 6.07) is 18.5. The lowest BCUT2D eigenvalue weighted by Crippen LogP contribution is -2.41. The van der Waals surface area contributed by atoms with Crippen molar-refractivity contribution in [3.8, 4) is 23.5 Å². The molecule has 0 spiro atoms. The molecular weight excluding hydrogens is 509 g/mol. The van der Waals surface area contributed by atoms with Crippen molar-refractivity contribution >= 4 is 23.5 Å². The van der Waals surface area contributed by atoms with E-state index in [0.29, 0.717) is 28.2 Å². The van der Waals surface area contributed by atoms with Crippen LogP contribution in [0, 0.1) is 18.3 Å².